The van der Waals surface area contributed by atoms with Crippen molar-refractivity contribution in [1.82, 2.24) is 5.32 Å². The zero-order chi connectivity index (χ0) is 13.8. The van der Waals surface area contributed by atoms with Crippen LogP contribution in [0.3, 0.4) is 0 Å². The fourth-order valence-corrected chi connectivity index (χ4v) is 2.79. The van der Waals surface area contributed by atoms with E-state index in [2.05, 4.69) is 5.32 Å². The van der Waals surface area contributed by atoms with Crippen LogP contribution in [0.5, 0.6) is 0 Å². The number of carboxylic acid groups (broad SMARTS) is 1. The molecule has 1 aromatic heterocycles. The molecule has 5 nitrogen and oxygen atoms in total. The Morgan fingerprint density at radius 1 is 1.63 bits per heavy atom. The lowest BCUT2D eigenvalue weighted by molar-refractivity contribution is -0.137. The third kappa shape index (κ3) is 3.78. The highest BCUT2D eigenvalue weighted by Crippen LogP contribution is 2.35. The van der Waals surface area contributed by atoms with Crippen LogP contribution in [0, 0.1) is 5.92 Å². The Bertz CT molecular complexity index is 446. The number of hydrogen-bond donors (Lipinski definition) is 2. The number of carboxylic acids is 1. The summed E-state index contributed by atoms with van der Waals surface area (Å²) in [6, 6.07) is 3.24. The molecule has 1 aliphatic rings. The van der Waals surface area contributed by atoms with Crippen LogP contribution >= 0.6 is 11.3 Å². The van der Waals surface area contributed by atoms with Crippen LogP contribution in [0.15, 0.2) is 17.5 Å². The summed E-state index contributed by atoms with van der Waals surface area (Å²) in [7, 11) is 0. The lowest BCUT2D eigenvalue weighted by Gasteiger charge is -2.15. The summed E-state index contributed by atoms with van der Waals surface area (Å²) < 4.78 is 5.37. The molecule has 2 rings (SSSR count). The molecule has 0 spiro atoms. The summed E-state index contributed by atoms with van der Waals surface area (Å²) >= 11 is 1.45. The Labute approximate surface area is 115 Å². The van der Waals surface area contributed by atoms with Gasteiger partial charge in [-0.2, -0.15) is 0 Å². The minimum absolute atomic E-state index is 0.00110. The number of hydrogen-bond acceptors (Lipinski definition) is 4. The summed E-state index contributed by atoms with van der Waals surface area (Å²) in [6.07, 6.45) is 0.626. The number of amides is 1. The number of nitrogens with one attached hydrogen (secondary N) is 1. The number of thiophene rings is 1. The largest absolute Gasteiger partial charge is 0.481 e. The molecular formula is C13H17NO4S. The molecule has 1 fully saturated rings. The van der Waals surface area contributed by atoms with Gasteiger partial charge in [0.25, 0.3) is 0 Å². The predicted octanol–water partition coefficient (Wildman–Crippen LogP) is 1.81. The Balaban J connectivity index is 1.93. The second kappa shape index (κ2) is 6.16. The summed E-state index contributed by atoms with van der Waals surface area (Å²) in [5.74, 6) is -1.16. The normalized spacial score (nSPS) is 22.8. The average molecular weight is 283 g/mol. The zero-order valence-electron chi connectivity index (χ0n) is 10.7. The molecule has 0 aromatic carbocycles. The Hall–Kier alpha value is -1.40. The molecule has 0 saturated heterocycles. The minimum atomic E-state index is -0.921. The van der Waals surface area contributed by atoms with Crippen LogP contribution < -0.4 is 5.32 Å². The average Bonchev–Trinajstić information content (AvgIpc) is 2.90. The predicted molar refractivity (Wildman–Crippen MR) is 71.0 cm³/mol. The van der Waals surface area contributed by atoms with Gasteiger partial charge in [0.2, 0.25) is 5.91 Å². The third-order valence-electron chi connectivity index (χ3n) is 3.03. The molecular weight excluding hydrogens is 266 g/mol. The quantitative estimate of drug-likeness (QED) is 0.800. The highest BCUT2D eigenvalue weighted by atomic mass is 32.1. The van der Waals surface area contributed by atoms with Gasteiger partial charge in [-0.25, -0.2) is 0 Å². The van der Waals surface area contributed by atoms with Crippen molar-refractivity contribution in [3.63, 3.8) is 0 Å². The van der Waals surface area contributed by atoms with E-state index >= 15 is 0 Å². The number of rotatable bonds is 7. The van der Waals surface area contributed by atoms with Gasteiger partial charge in [-0.3, -0.25) is 9.59 Å². The summed E-state index contributed by atoms with van der Waals surface area (Å²) in [4.78, 5) is 23.7. The lowest BCUT2D eigenvalue weighted by Crippen LogP contribution is -2.31. The Morgan fingerprint density at radius 2 is 2.42 bits per heavy atom. The molecule has 0 bridgehead atoms. The standard InChI is InChI=1S/C13H17NO4S/c1-2-18-10-6-8(10)13(17)14-9(7-12(15)16)11-4-3-5-19-11/h3-5,8-10H,2,6-7H2,1H3,(H,14,17)(H,15,16)/t8-,9+,10+/m0/s1. The monoisotopic (exact) mass is 283 g/mol. The van der Waals surface area contributed by atoms with Crippen LogP contribution in [0.4, 0.5) is 0 Å². The topological polar surface area (TPSA) is 75.6 Å². The van der Waals surface area contributed by atoms with E-state index < -0.39 is 12.0 Å². The van der Waals surface area contributed by atoms with Crippen molar-refractivity contribution < 1.29 is 19.4 Å². The number of carbonyl (C=O) groups is 2. The molecule has 1 saturated carbocycles. The molecule has 104 valence electrons. The Morgan fingerprint density at radius 3 is 3.00 bits per heavy atom. The van der Waals surface area contributed by atoms with Crippen molar-refractivity contribution in [3.05, 3.63) is 22.4 Å². The van der Waals surface area contributed by atoms with Gasteiger partial charge in [-0.05, 0) is 24.8 Å². The molecule has 0 radical (unpaired) electrons. The van der Waals surface area contributed by atoms with E-state index in [0.29, 0.717) is 6.61 Å². The number of aliphatic carboxylic acids is 1. The fourth-order valence-electron chi connectivity index (χ4n) is 2.01. The minimum Gasteiger partial charge on any atom is -0.481 e. The van der Waals surface area contributed by atoms with Crippen LogP contribution in [-0.2, 0) is 14.3 Å². The first kappa shape index (κ1) is 14.0. The van der Waals surface area contributed by atoms with Crippen molar-refractivity contribution in [3.8, 4) is 0 Å². The molecule has 3 atom stereocenters. The maximum Gasteiger partial charge on any atom is 0.305 e. The van der Waals surface area contributed by atoms with Crippen LogP contribution in [0.25, 0.3) is 0 Å². The first-order valence-electron chi connectivity index (χ1n) is 6.29. The van der Waals surface area contributed by atoms with Gasteiger partial charge in [0.15, 0.2) is 0 Å². The summed E-state index contributed by atoms with van der Waals surface area (Å²) in [5.41, 5.74) is 0. The van der Waals surface area contributed by atoms with E-state index in [0.717, 1.165) is 11.3 Å². The van der Waals surface area contributed by atoms with Crippen LogP contribution in [0.2, 0.25) is 0 Å². The van der Waals surface area contributed by atoms with E-state index in [1.54, 1.807) is 0 Å². The maximum atomic E-state index is 12.0. The molecule has 0 unspecified atom stereocenters. The van der Waals surface area contributed by atoms with E-state index in [1.165, 1.54) is 11.3 Å². The highest BCUT2D eigenvalue weighted by Gasteiger charge is 2.44. The van der Waals surface area contributed by atoms with E-state index in [1.807, 2.05) is 24.4 Å². The molecule has 1 amide bonds. The summed E-state index contributed by atoms with van der Waals surface area (Å²) in [5, 5.41) is 13.6. The van der Waals surface area contributed by atoms with Gasteiger partial charge in [-0.15, -0.1) is 11.3 Å². The van der Waals surface area contributed by atoms with Crippen molar-refractivity contribution in [2.45, 2.75) is 31.9 Å². The molecule has 1 aromatic rings. The highest BCUT2D eigenvalue weighted by molar-refractivity contribution is 7.10. The van der Waals surface area contributed by atoms with Crippen molar-refractivity contribution in [2.75, 3.05) is 6.61 Å². The maximum absolute atomic E-state index is 12.0. The summed E-state index contributed by atoms with van der Waals surface area (Å²) in [6.45, 7) is 2.49. The SMILES string of the molecule is CCO[C@@H]1C[C@@H]1C(=O)N[C@H](CC(=O)O)c1cccs1. The van der Waals surface area contributed by atoms with E-state index in [-0.39, 0.29) is 24.3 Å². The van der Waals surface area contributed by atoms with Gasteiger partial charge >= 0.3 is 5.97 Å². The molecule has 0 aliphatic heterocycles. The van der Waals surface area contributed by atoms with Gasteiger partial charge in [0, 0.05) is 11.5 Å². The molecule has 19 heavy (non-hydrogen) atoms. The number of ether oxygens (including phenoxy) is 1. The second-order valence-electron chi connectivity index (χ2n) is 4.51. The van der Waals surface area contributed by atoms with Crippen LogP contribution in [-0.4, -0.2) is 29.7 Å². The first-order valence-corrected chi connectivity index (χ1v) is 7.17. The molecule has 1 heterocycles. The van der Waals surface area contributed by atoms with Gasteiger partial charge in [-0.1, -0.05) is 6.07 Å². The van der Waals surface area contributed by atoms with Crippen LogP contribution in [0.1, 0.15) is 30.7 Å². The first-order chi connectivity index (χ1) is 9.11. The van der Waals surface area contributed by atoms with Gasteiger partial charge < -0.3 is 15.2 Å². The lowest BCUT2D eigenvalue weighted by atomic mass is 10.1. The van der Waals surface area contributed by atoms with Gasteiger partial charge in [0.05, 0.1) is 24.5 Å². The molecule has 1 aliphatic carbocycles. The smallest absolute Gasteiger partial charge is 0.305 e. The zero-order valence-corrected chi connectivity index (χ0v) is 11.5. The Kier molecular flexibility index (Phi) is 4.55. The van der Waals surface area contributed by atoms with Crippen molar-refractivity contribution in [2.24, 2.45) is 5.92 Å². The third-order valence-corrected chi connectivity index (χ3v) is 4.02. The van der Waals surface area contributed by atoms with E-state index in [9.17, 15) is 9.59 Å². The number of carbonyl (C=O) groups excluding carboxylic acids is 1. The van der Waals surface area contributed by atoms with Crippen molar-refractivity contribution in [1.29, 1.82) is 0 Å². The second-order valence-corrected chi connectivity index (χ2v) is 5.49. The molecule has 6 heteroatoms. The van der Waals surface area contributed by atoms with Crippen molar-refractivity contribution >= 4 is 23.2 Å². The molecule has 2 N–H and O–H groups in total. The fraction of sp³-hybridized carbons (Fsp3) is 0.538. The van der Waals surface area contributed by atoms with E-state index in [4.69, 9.17) is 9.84 Å². The van der Waals surface area contributed by atoms with Gasteiger partial charge in [0.1, 0.15) is 0 Å².